The number of amides is 1. The second-order valence-corrected chi connectivity index (χ2v) is 7.28. The van der Waals surface area contributed by atoms with Gasteiger partial charge in [0, 0.05) is 17.7 Å². The lowest BCUT2D eigenvalue weighted by atomic mass is 10.1. The van der Waals surface area contributed by atoms with Crippen LogP contribution in [0.1, 0.15) is 26.4 Å². The number of nitrogens with one attached hydrogen (secondary N) is 1. The smallest absolute Gasteiger partial charge is 0.311 e. The van der Waals surface area contributed by atoms with E-state index in [2.05, 4.69) is 10.5 Å². The van der Waals surface area contributed by atoms with Crippen molar-refractivity contribution in [2.75, 3.05) is 7.11 Å². The molecule has 8 nitrogen and oxygen atoms in total. The van der Waals surface area contributed by atoms with Crippen LogP contribution in [0.2, 0.25) is 0 Å². The second kappa shape index (κ2) is 9.81. The molecule has 3 rings (SSSR count). The van der Waals surface area contributed by atoms with E-state index in [1.54, 1.807) is 18.2 Å². The molecule has 2 aromatic carbocycles. The number of nitrogens with zero attached hydrogens (tertiary/aromatic N) is 2. The fraction of sp³-hybridized carbons (Fsp3) is 0.143. The average Bonchev–Trinajstić information content (AvgIpc) is 3.18. The van der Waals surface area contributed by atoms with E-state index < -0.39 is 10.7 Å². The summed E-state index contributed by atoms with van der Waals surface area (Å²) in [5.74, 6) is -0.663. The fourth-order valence-corrected chi connectivity index (χ4v) is 3.54. The third-order valence-corrected chi connectivity index (χ3v) is 5.27. The Morgan fingerprint density at radius 1 is 1.26 bits per heavy atom. The molecule has 0 atom stereocenters. The van der Waals surface area contributed by atoms with Gasteiger partial charge in [0.15, 0.2) is 5.75 Å². The first-order valence-electron chi connectivity index (χ1n) is 9.00. The molecule has 0 radical (unpaired) electrons. The number of thiophene rings is 1. The third-order valence-electron chi connectivity index (χ3n) is 4.25. The standard InChI is InChI=1S/C21H18FN3O5S/c1-13-7-8-31-20(13)21(26)24-23-11-14-3-6-18(29-2)15(9-14)12-30-19-10-16(22)4-5-17(19)25(27)28/h3-11H,12H2,1-2H3,(H,24,26)/b23-11+. The molecule has 0 aliphatic rings. The summed E-state index contributed by atoms with van der Waals surface area (Å²) in [5.41, 5.74) is 4.19. The van der Waals surface area contributed by atoms with Gasteiger partial charge in [-0.25, -0.2) is 9.82 Å². The van der Waals surface area contributed by atoms with Crippen molar-refractivity contribution in [2.24, 2.45) is 5.10 Å². The fourth-order valence-electron chi connectivity index (χ4n) is 2.72. The minimum atomic E-state index is -0.648. The highest BCUT2D eigenvalue weighted by molar-refractivity contribution is 7.12. The van der Waals surface area contributed by atoms with Gasteiger partial charge in [0.25, 0.3) is 5.91 Å². The van der Waals surface area contributed by atoms with Crippen LogP contribution in [0.4, 0.5) is 10.1 Å². The normalized spacial score (nSPS) is 10.8. The number of rotatable bonds is 8. The quantitative estimate of drug-likeness (QED) is 0.315. The number of nitro groups is 1. The van der Waals surface area contributed by atoms with Gasteiger partial charge in [-0.3, -0.25) is 14.9 Å². The highest BCUT2D eigenvalue weighted by Gasteiger charge is 2.17. The van der Waals surface area contributed by atoms with Crippen molar-refractivity contribution in [2.45, 2.75) is 13.5 Å². The van der Waals surface area contributed by atoms with E-state index >= 15 is 0 Å². The molecular weight excluding hydrogens is 425 g/mol. The number of hydrazone groups is 1. The Balaban J connectivity index is 1.74. The van der Waals surface area contributed by atoms with Crippen LogP contribution in [0, 0.1) is 22.9 Å². The van der Waals surface area contributed by atoms with Crippen molar-refractivity contribution in [1.29, 1.82) is 0 Å². The van der Waals surface area contributed by atoms with Crippen LogP contribution in [-0.2, 0) is 6.61 Å². The Bertz CT molecular complexity index is 1150. The minimum absolute atomic E-state index is 0.101. The first-order valence-corrected chi connectivity index (χ1v) is 9.88. The van der Waals surface area contributed by atoms with E-state index in [9.17, 15) is 19.3 Å². The molecule has 0 fully saturated rings. The Hall–Kier alpha value is -3.79. The van der Waals surface area contributed by atoms with Crippen LogP contribution in [0.3, 0.4) is 0 Å². The van der Waals surface area contributed by atoms with Gasteiger partial charge in [-0.15, -0.1) is 11.3 Å². The van der Waals surface area contributed by atoms with E-state index in [4.69, 9.17) is 9.47 Å². The van der Waals surface area contributed by atoms with Crippen molar-refractivity contribution in [3.05, 3.63) is 85.3 Å². The zero-order valence-electron chi connectivity index (χ0n) is 16.6. The van der Waals surface area contributed by atoms with Crippen LogP contribution in [0.25, 0.3) is 0 Å². The lowest BCUT2D eigenvalue weighted by Crippen LogP contribution is -2.17. The van der Waals surface area contributed by atoms with Crippen LogP contribution < -0.4 is 14.9 Å². The Morgan fingerprint density at radius 2 is 2.06 bits per heavy atom. The number of aryl methyl sites for hydroxylation is 1. The van der Waals surface area contributed by atoms with Crippen molar-refractivity contribution in [3.63, 3.8) is 0 Å². The van der Waals surface area contributed by atoms with Gasteiger partial charge in [-0.05, 0) is 53.8 Å². The van der Waals surface area contributed by atoms with Gasteiger partial charge >= 0.3 is 5.69 Å². The summed E-state index contributed by atoms with van der Waals surface area (Å²) in [6.45, 7) is 1.74. The summed E-state index contributed by atoms with van der Waals surface area (Å²) in [6.07, 6.45) is 1.45. The molecule has 0 saturated heterocycles. The van der Waals surface area contributed by atoms with E-state index in [0.717, 1.165) is 23.8 Å². The van der Waals surface area contributed by atoms with Gasteiger partial charge in [-0.1, -0.05) is 0 Å². The van der Waals surface area contributed by atoms with Gasteiger partial charge in [0.1, 0.15) is 18.2 Å². The molecular formula is C21H18FN3O5S. The Kier molecular flexibility index (Phi) is 6.93. The molecule has 160 valence electrons. The zero-order chi connectivity index (χ0) is 22.4. The van der Waals surface area contributed by atoms with Crippen molar-refractivity contribution in [1.82, 2.24) is 5.43 Å². The second-order valence-electron chi connectivity index (χ2n) is 6.36. The predicted octanol–water partition coefficient (Wildman–Crippen LogP) is 4.46. The number of halogens is 1. The molecule has 3 aromatic rings. The highest BCUT2D eigenvalue weighted by Crippen LogP contribution is 2.29. The highest BCUT2D eigenvalue weighted by atomic mass is 32.1. The summed E-state index contributed by atoms with van der Waals surface area (Å²) in [6, 6.07) is 9.93. The van der Waals surface area contributed by atoms with Gasteiger partial charge in [0.05, 0.1) is 23.1 Å². The number of hydrogen-bond donors (Lipinski definition) is 1. The van der Waals surface area contributed by atoms with Gasteiger partial charge in [0.2, 0.25) is 0 Å². The number of hydrogen-bond acceptors (Lipinski definition) is 7. The van der Waals surface area contributed by atoms with Crippen LogP contribution in [0.5, 0.6) is 11.5 Å². The summed E-state index contributed by atoms with van der Waals surface area (Å²) >= 11 is 1.33. The van der Waals surface area contributed by atoms with Crippen LogP contribution in [0.15, 0.2) is 52.9 Å². The molecule has 1 N–H and O–H groups in total. The van der Waals surface area contributed by atoms with Gasteiger partial charge < -0.3 is 9.47 Å². The molecule has 1 aromatic heterocycles. The molecule has 0 spiro atoms. The van der Waals surface area contributed by atoms with E-state index in [1.807, 2.05) is 18.4 Å². The topological polar surface area (TPSA) is 103 Å². The number of benzene rings is 2. The van der Waals surface area contributed by atoms with Crippen LogP contribution >= 0.6 is 11.3 Å². The molecule has 31 heavy (non-hydrogen) atoms. The minimum Gasteiger partial charge on any atom is -0.496 e. The molecule has 0 bridgehead atoms. The number of nitro benzene ring substituents is 1. The first kappa shape index (κ1) is 21.9. The lowest BCUT2D eigenvalue weighted by molar-refractivity contribution is -0.386. The maximum Gasteiger partial charge on any atom is 0.311 e. The Labute approximate surface area is 181 Å². The lowest BCUT2D eigenvalue weighted by Gasteiger charge is -2.11. The summed E-state index contributed by atoms with van der Waals surface area (Å²) in [4.78, 5) is 23.2. The SMILES string of the molecule is COc1ccc(/C=N/NC(=O)c2sccc2C)cc1COc1cc(F)ccc1[N+](=O)[O-]. The molecule has 0 aliphatic carbocycles. The molecule has 10 heteroatoms. The summed E-state index contributed by atoms with van der Waals surface area (Å²) < 4.78 is 24.3. The van der Waals surface area contributed by atoms with Gasteiger partial charge in [-0.2, -0.15) is 5.10 Å². The maximum absolute atomic E-state index is 13.5. The maximum atomic E-state index is 13.5. The molecule has 1 heterocycles. The third kappa shape index (κ3) is 5.43. The predicted molar refractivity (Wildman–Crippen MR) is 114 cm³/mol. The van der Waals surface area contributed by atoms with E-state index in [1.165, 1.54) is 24.7 Å². The number of carbonyl (C=O) groups excluding carboxylic acids is 1. The first-order chi connectivity index (χ1) is 14.9. The zero-order valence-corrected chi connectivity index (χ0v) is 17.4. The molecule has 0 unspecified atom stereocenters. The number of carbonyl (C=O) groups is 1. The molecule has 0 aliphatic heterocycles. The van der Waals surface area contributed by atoms with Crippen LogP contribution in [-0.4, -0.2) is 24.2 Å². The number of methoxy groups -OCH3 is 1. The average molecular weight is 443 g/mol. The summed E-state index contributed by atoms with van der Waals surface area (Å²) in [5, 5.41) is 16.9. The van der Waals surface area contributed by atoms with E-state index in [-0.39, 0.29) is 24.0 Å². The Morgan fingerprint density at radius 3 is 2.74 bits per heavy atom. The van der Waals surface area contributed by atoms with Crippen molar-refractivity contribution >= 4 is 29.1 Å². The van der Waals surface area contributed by atoms with E-state index in [0.29, 0.717) is 21.8 Å². The monoisotopic (exact) mass is 443 g/mol. The van der Waals surface area contributed by atoms with Crippen molar-refractivity contribution < 1.29 is 23.6 Å². The number of ether oxygens (including phenoxy) is 2. The largest absolute Gasteiger partial charge is 0.496 e. The summed E-state index contributed by atoms with van der Waals surface area (Å²) in [7, 11) is 1.47. The van der Waals surface area contributed by atoms with Crippen molar-refractivity contribution in [3.8, 4) is 11.5 Å². The molecule has 1 amide bonds. The molecule has 0 saturated carbocycles.